The molecule has 1 aliphatic rings. The number of ether oxygens (including phenoxy) is 1. The lowest BCUT2D eigenvalue weighted by atomic mass is 9.87. The van der Waals surface area contributed by atoms with E-state index in [4.69, 9.17) is 9.72 Å². The van der Waals surface area contributed by atoms with Crippen LogP contribution in [0, 0.1) is 19.8 Å². The number of pyridine rings is 1. The van der Waals surface area contributed by atoms with E-state index in [1.165, 1.54) is 33.4 Å². The van der Waals surface area contributed by atoms with Crippen LogP contribution in [0.4, 0.5) is 0 Å². The number of hydrogen-bond acceptors (Lipinski definition) is 3. The highest BCUT2D eigenvalue weighted by molar-refractivity contribution is 5.74. The van der Waals surface area contributed by atoms with Gasteiger partial charge in [0.2, 0.25) is 0 Å². The summed E-state index contributed by atoms with van der Waals surface area (Å²) in [4.78, 5) is 7.92. The van der Waals surface area contributed by atoms with Gasteiger partial charge in [-0.25, -0.2) is 0 Å². The molecule has 4 rings (SSSR count). The van der Waals surface area contributed by atoms with Crippen molar-refractivity contribution < 1.29 is 4.74 Å². The third-order valence-corrected chi connectivity index (χ3v) is 7.70. The molecule has 0 saturated carbocycles. The van der Waals surface area contributed by atoms with Gasteiger partial charge in [-0.2, -0.15) is 0 Å². The Morgan fingerprint density at radius 1 is 1.00 bits per heavy atom. The summed E-state index contributed by atoms with van der Waals surface area (Å²) in [5, 5.41) is 0. The van der Waals surface area contributed by atoms with Crippen LogP contribution in [0.15, 0.2) is 42.5 Å². The molecule has 0 amide bonds. The highest BCUT2D eigenvalue weighted by Gasteiger charge is 2.30. The van der Waals surface area contributed by atoms with E-state index in [0.29, 0.717) is 12.0 Å². The average molecular weight is 471 g/mol. The summed E-state index contributed by atoms with van der Waals surface area (Å²) in [6.07, 6.45) is 4.25. The zero-order valence-electron chi connectivity index (χ0n) is 22.7. The minimum absolute atomic E-state index is 0.427. The van der Waals surface area contributed by atoms with Gasteiger partial charge in [-0.3, -0.25) is 9.88 Å². The summed E-state index contributed by atoms with van der Waals surface area (Å²) in [5.74, 6) is 1.64. The van der Waals surface area contributed by atoms with Gasteiger partial charge in [0.1, 0.15) is 5.75 Å². The lowest BCUT2D eigenvalue weighted by Crippen LogP contribution is -2.36. The summed E-state index contributed by atoms with van der Waals surface area (Å²) in [6, 6.07) is 16.1. The zero-order chi connectivity index (χ0) is 25.1. The summed E-state index contributed by atoms with van der Waals surface area (Å²) >= 11 is 0. The largest absolute Gasteiger partial charge is 0.496 e. The minimum Gasteiger partial charge on any atom is -0.496 e. The highest BCUT2D eigenvalue weighted by atomic mass is 16.5. The van der Waals surface area contributed by atoms with Crippen molar-refractivity contribution in [3.05, 3.63) is 81.5 Å². The molecule has 0 fully saturated rings. The van der Waals surface area contributed by atoms with Gasteiger partial charge in [-0.1, -0.05) is 70.2 Å². The van der Waals surface area contributed by atoms with E-state index in [2.05, 4.69) is 88.9 Å². The Hall–Kier alpha value is -2.65. The van der Waals surface area contributed by atoms with Crippen molar-refractivity contribution in [3.8, 4) is 17.0 Å². The molecule has 3 heteroatoms. The highest BCUT2D eigenvalue weighted by Crippen LogP contribution is 2.40. The molecule has 3 nitrogen and oxygen atoms in total. The summed E-state index contributed by atoms with van der Waals surface area (Å²) in [7, 11) is 1.82. The van der Waals surface area contributed by atoms with E-state index in [9.17, 15) is 0 Å². The number of nitrogens with zero attached hydrogens (tertiary/aromatic N) is 2. The molecule has 1 unspecified atom stereocenters. The molecule has 0 radical (unpaired) electrons. The Labute approximate surface area is 212 Å². The van der Waals surface area contributed by atoms with Gasteiger partial charge in [0.15, 0.2) is 0 Å². The molecule has 186 valence electrons. The van der Waals surface area contributed by atoms with Gasteiger partial charge in [-0.05, 0) is 67.7 Å². The first-order valence-corrected chi connectivity index (χ1v) is 13.4. The van der Waals surface area contributed by atoms with E-state index in [0.717, 1.165) is 61.5 Å². The lowest BCUT2D eigenvalue weighted by molar-refractivity contribution is 0.152. The van der Waals surface area contributed by atoms with Crippen LogP contribution >= 0.6 is 0 Å². The van der Waals surface area contributed by atoms with Crippen LogP contribution in [0.1, 0.15) is 79.2 Å². The predicted molar refractivity (Wildman–Crippen MR) is 147 cm³/mol. The van der Waals surface area contributed by atoms with Gasteiger partial charge >= 0.3 is 0 Å². The lowest BCUT2D eigenvalue weighted by Gasteiger charge is -2.39. The molecular formula is C32H42N2O. The van der Waals surface area contributed by atoms with Gasteiger partial charge in [0, 0.05) is 41.5 Å². The molecule has 0 aliphatic carbocycles. The number of hydrogen-bond donors (Lipinski definition) is 0. The van der Waals surface area contributed by atoms with Crippen LogP contribution in [0.25, 0.3) is 11.3 Å². The molecule has 1 aliphatic heterocycles. The average Bonchev–Trinajstić information content (AvgIpc) is 2.86. The number of rotatable bonds is 8. The van der Waals surface area contributed by atoms with Gasteiger partial charge in [-0.15, -0.1) is 0 Å². The maximum Gasteiger partial charge on any atom is 0.130 e. The molecule has 2 aromatic carbocycles. The van der Waals surface area contributed by atoms with E-state index in [1.54, 1.807) is 0 Å². The molecule has 0 bridgehead atoms. The molecule has 0 saturated heterocycles. The SMILES string of the molecule is CCc1cccc(CC)c1-c1nc(C)c(CN2CCc3ccccc3C2CC(C)C)c(OC)c1C. The van der Waals surface area contributed by atoms with E-state index >= 15 is 0 Å². The first-order valence-electron chi connectivity index (χ1n) is 13.4. The topological polar surface area (TPSA) is 25.4 Å². The van der Waals surface area contributed by atoms with Crippen LogP contribution in [0.3, 0.4) is 0 Å². The van der Waals surface area contributed by atoms with Crippen molar-refractivity contribution in [2.45, 2.75) is 79.8 Å². The second-order valence-corrected chi connectivity index (χ2v) is 10.4. The molecular weight excluding hydrogens is 428 g/mol. The number of benzene rings is 2. The van der Waals surface area contributed by atoms with Crippen LogP contribution in [-0.4, -0.2) is 23.5 Å². The normalized spacial score (nSPS) is 15.9. The number of fused-ring (bicyclic) bond motifs is 1. The van der Waals surface area contributed by atoms with Crippen LogP contribution in [-0.2, 0) is 25.8 Å². The first kappa shape index (κ1) is 25.4. The second kappa shape index (κ2) is 11.0. The Morgan fingerprint density at radius 3 is 2.31 bits per heavy atom. The molecule has 3 aromatic rings. The molecule has 35 heavy (non-hydrogen) atoms. The van der Waals surface area contributed by atoms with Crippen LogP contribution in [0.2, 0.25) is 0 Å². The quantitative estimate of drug-likeness (QED) is 0.338. The van der Waals surface area contributed by atoms with E-state index < -0.39 is 0 Å². The van der Waals surface area contributed by atoms with Gasteiger partial charge < -0.3 is 4.74 Å². The maximum atomic E-state index is 6.13. The fourth-order valence-corrected chi connectivity index (χ4v) is 5.89. The fraction of sp³-hybridized carbons (Fsp3) is 0.469. The fourth-order valence-electron chi connectivity index (χ4n) is 5.89. The Kier molecular flexibility index (Phi) is 7.96. The number of aryl methyl sites for hydroxylation is 3. The molecule has 0 spiro atoms. The third-order valence-electron chi connectivity index (χ3n) is 7.70. The molecule has 1 atom stereocenters. The first-order chi connectivity index (χ1) is 16.9. The van der Waals surface area contributed by atoms with Crippen molar-refractivity contribution in [3.63, 3.8) is 0 Å². The standard InChI is InChI=1S/C32H42N2O/c1-8-24-14-12-15-25(9-2)30(24)31-22(5)32(35-7)28(23(6)33-31)20-34-18-17-26-13-10-11-16-27(26)29(34)19-21(3)4/h10-16,21,29H,8-9,17-20H2,1-7H3. The van der Waals surface area contributed by atoms with Crippen LogP contribution in [0.5, 0.6) is 5.75 Å². The van der Waals surface area contributed by atoms with Crippen molar-refractivity contribution in [1.82, 2.24) is 9.88 Å². The molecule has 2 heterocycles. The molecule has 0 N–H and O–H groups in total. The summed E-state index contributed by atoms with van der Waals surface area (Å²) < 4.78 is 6.13. The third kappa shape index (κ3) is 5.02. The maximum absolute atomic E-state index is 6.13. The number of aromatic nitrogens is 1. The smallest absolute Gasteiger partial charge is 0.130 e. The summed E-state index contributed by atoms with van der Waals surface area (Å²) in [5.41, 5.74) is 11.6. The van der Waals surface area contributed by atoms with E-state index in [1.807, 2.05) is 7.11 Å². The second-order valence-electron chi connectivity index (χ2n) is 10.4. The monoisotopic (exact) mass is 470 g/mol. The predicted octanol–water partition coefficient (Wildman–Crippen LogP) is 7.64. The van der Waals surface area contributed by atoms with E-state index in [-0.39, 0.29) is 0 Å². The van der Waals surface area contributed by atoms with Crippen molar-refractivity contribution in [2.24, 2.45) is 5.92 Å². The Morgan fingerprint density at radius 2 is 1.69 bits per heavy atom. The van der Waals surface area contributed by atoms with Crippen molar-refractivity contribution in [1.29, 1.82) is 0 Å². The van der Waals surface area contributed by atoms with Gasteiger partial charge in [0.25, 0.3) is 0 Å². The van der Waals surface area contributed by atoms with Gasteiger partial charge in [0.05, 0.1) is 12.8 Å². The Balaban J connectivity index is 1.78. The van der Waals surface area contributed by atoms with Crippen molar-refractivity contribution >= 4 is 0 Å². The minimum atomic E-state index is 0.427. The zero-order valence-corrected chi connectivity index (χ0v) is 22.7. The van der Waals surface area contributed by atoms with Crippen molar-refractivity contribution in [2.75, 3.05) is 13.7 Å². The Bertz CT molecular complexity index is 1160. The summed E-state index contributed by atoms with van der Waals surface area (Å²) in [6.45, 7) is 15.4. The molecule has 1 aromatic heterocycles. The van der Waals surface area contributed by atoms with Crippen LogP contribution < -0.4 is 4.74 Å². The number of methoxy groups -OCH3 is 1.